The minimum absolute atomic E-state index is 0.0322. The third-order valence-electron chi connectivity index (χ3n) is 4.85. The Labute approximate surface area is 165 Å². The molecule has 1 aliphatic heterocycles. The summed E-state index contributed by atoms with van der Waals surface area (Å²) < 4.78 is 25.7. The van der Waals surface area contributed by atoms with Gasteiger partial charge >= 0.3 is 0 Å². The number of sulfonamides is 1. The molecule has 2 aromatic rings. The van der Waals surface area contributed by atoms with Crippen LogP contribution in [0.15, 0.2) is 53.4 Å². The zero-order chi connectivity index (χ0) is 20.7. The van der Waals surface area contributed by atoms with E-state index >= 15 is 0 Å². The number of fused-ring (bicyclic) bond motifs is 1. The summed E-state index contributed by atoms with van der Waals surface area (Å²) in [6.07, 6.45) is 0. The average molecular weight is 401 g/mol. The molecule has 0 spiro atoms. The van der Waals surface area contributed by atoms with Gasteiger partial charge in [-0.05, 0) is 35.6 Å². The van der Waals surface area contributed by atoms with Crippen LogP contribution in [0.2, 0.25) is 0 Å². The maximum Gasteiger partial charge on any atom is 0.269 e. The van der Waals surface area contributed by atoms with E-state index in [0.717, 1.165) is 5.56 Å². The molecule has 3 rings (SSSR count). The number of carbonyl (C=O) groups excluding carboxylic acids is 2. The Morgan fingerprint density at radius 3 is 2.25 bits per heavy atom. The number of rotatable bonds is 4. The van der Waals surface area contributed by atoms with Gasteiger partial charge in [0.05, 0.1) is 11.6 Å². The predicted octanol–water partition coefficient (Wildman–Crippen LogP) is 3.01. The molecular formula is C21H24N2O4S. The maximum absolute atomic E-state index is 12.5. The number of benzene rings is 2. The highest BCUT2D eigenvalue weighted by molar-refractivity contribution is 7.90. The van der Waals surface area contributed by atoms with E-state index in [1.165, 1.54) is 17.7 Å². The third kappa shape index (κ3) is 3.67. The largest absolute Gasteiger partial charge is 0.348 e. The fourth-order valence-electron chi connectivity index (χ4n) is 3.16. The third-order valence-corrected chi connectivity index (χ3v) is 6.64. The number of nitrogens with one attached hydrogen (secondary N) is 1. The molecule has 1 aliphatic rings. The second-order valence-corrected chi connectivity index (χ2v) is 9.80. The van der Waals surface area contributed by atoms with Crippen molar-refractivity contribution in [1.82, 2.24) is 9.62 Å². The van der Waals surface area contributed by atoms with Gasteiger partial charge in [-0.2, -0.15) is 0 Å². The first-order valence-electron chi connectivity index (χ1n) is 9.08. The minimum Gasteiger partial charge on any atom is -0.348 e. The Kier molecular flexibility index (Phi) is 5.06. The quantitative estimate of drug-likeness (QED) is 0.855. The van der Waals surface area contributed by atoms with Crippen molar-refractivity contribution in [2.45, 2.75) is 44.0 Å². The van der Waals surface area contributed by atoms with Crippen molar-refractivity contribution in [3.8, 4) is 0 Å². The molecule has 6 nitrogen and oxygen atoms in total. The van der Waals surface area contributed by atoms with E-state index in [0.29, 0.717) is 4.31 Å². The Morgan fingerprint density at radius 1 is 1.07 bits per heavy atom. The maximum atomic E-state index is 12.5. The molecule has 2 amide bonds. The number of hydrogen-bond donors (Lipinski definition) is 1. The highest BCUT2D eigenvalue weighted by atomic mass is 32.2. The fraction of sp³-hybridized carbons (Fsp3) is 0.333. The topological polar surface area (TPSA) is 83.6 Å². The van der Waals surface area contributed by atoms with E-state index in [-0.39, 0.29) is 21.9 Å². The predicted molar refractivity (Wildman–Crippen MR) is 106 cm³/mol. The Balaban J connectivity index is 1.70. The first-order chi connectivity index (χ1) is 13.0. The lowest BCUT2D eigenvalue weighted by molar-refractivity contribution is -0.121. The van der Waals surface area contributed by atoms with E-state index in [1.807, 2.05) is 31.2 Å². The molecule has 0 radical (unpaired) electrons. The van der Waals surface area contributed by atoms with Crippen molar-refractivity contribution < 1.29 is 18.0 Å². The Bertz CT molecular complexity index is 1020. The highest BCUT2D eigenvalue weighted by Crippen LogP contribution is 2.29. The van der Waals surface area contributed by atoms with Crippen LogP contribution < -0.4 is 5.32 Å². The number of nitrogens with zero attached hydrogens (tertiary/aromatic N) is 1. The van der Waals surface area contributed by atoms with E-state index in [2.05, 4.69) is 26.1 Å². The molecule has 0 fully saturated rings. The zero-order valence-electron chi connectivity index (χ0n) is 16.4. The number of carbonyl (C=O) groups is 2. The Hall–Kier alpha value is -2.67. The van der Waals surface area contributed by atoms with Gasteiger partial charge in [-0.15, -0.1) is 0 Å². The lowest BCUT2D eigenvalue weighted by Gasteiger charge is -2.21. The van der Waals surface area contributed by atoms with Crippen LogP contribution in [0.4, 0.5) is 0 Å². The van der Waals surface area contributed by atoms with Gasteiger partial charge in [0.1, 0.15) is 11.4 Å². The summed E-state index contributed by atoms with van der Waals surface area (Å²) in [6.45, 7) is 7.65. The molecule has 2 aromatic carbocycles. The van der Waals surface area contributed by atoms with E-state index in [1.54, 1.807) is 12.1 Å². The van der Waals surface area contributed by atoms with Gasteiger partial charge in [-0.3, -0.25) is 9.59 Å². The normalized spacial score (nSPS) is 16.6. The minimum atomic E-state index is -3.99. The van der Waals surface area contributed by atoms with Crippen LogP contribution >= 0.6 is 0 Å². The smallest absolute Gasteiger partial charge is 0.269 e. The zero-order valence-corrected chi connectivity index (χ0v) is 17.2. The van der Waals surface area contributed by atoms with Crippen LogP contribution in [-0.2, 0) is 20.2 Å². The summed E-state index contributed by atoms with van der Waals surface area (Å²) in [7, 11) is -3.99. The van der Waals surface area contributed by atoms with Gasteiger partial charge in [0.25, 0.3) is 15.9 Å². The van der Waals surface area contributed by atoms with E-state index < -0.39 is 28.4 Å². The van der Waals surface area contributed by atoms with E-state index in [9.17, 15) is 18.0 Å². The summed E-state index contributed by atoms with van der Waals surface area (Å²) in [4.78, 5) is 24.8. The summed E-state index contributed by atoms with van der Waals surface area (Å²) in [6, 6.07) is 13.6. The van der Waals surface area contributed by atoms with Crippen LogP contribution in [-0.4, -0.2) is 31.1 Å². The van der Waals surface area contributed by atoms with Gasteiger partial charge in [-0.25, -0.2) is 12.7 Å². The van der Waals surface area contributed by atoms with Gasteiger partial charge in [0, 0.05) is 0 Å². The van der Waals surface area contributed by atoms with Crippen LogP contribution in [0.25, 0.3) is 0 Å². The van der Waals surface area contributed by atoms with Crippen LogP contribution in [0.3, 0.4) is 0 Å². The van der Waals surface area contributed by atoms with Gasteiger partial charge in [0.15, 0.2) is 0 Å². The summed E-state index contributed by atoms with van der Waals surface area (Å²) in [5.74, 6) is -1.20. The second-order valence-electron chi connectivity index (χ2n) is 7.97. The first kappa shape index (κ1) is 20.1. The van der Waals surface area contributed by atoms with Gasteiger partial charge in [-0.1, -0.05) is 57.2 Å². The standard InChI is InChI=1S/C21H24N2O4S/c1-14(15-9-11-16(12-10-15)21(2,3)4)22-19(24)13-23-20(25)17-7-5-6-8-18(17)28(23,26)27/h5-12,14H,13H2,1-4H3,(H,22,24). The molecule has 1 heterocycles. The summed E-state index contributed by atoms with van der Waals surface area (Å²) in [5, 5.41) is 2.77. The van der Waals surface area contributed by atoms with E-state index in [4.69, 9.17) is 0 Å². The summed E-state index contributed by atoms with van der Waals surface area (Å²) in [5.41, 5.74) is 2.22. The van der Waals surface area contributed by atoms with Crippen LogP contribution in [0, 0.1) is 0 Å². The van der Waals surface area contributed by atoms with Crippen molar-refractivity contribution in [2.75, 3.05) is 6.54 Å². The second kappa shape index (κ2) is 7.05. The highest BCUT2D eigenvalue weighted by Gasteiger charge is 2.41. The van der Waals surface area contributed by atoms with Crippen molar-refractivity contribution in [3.63, 3.8) is 0 Å². The molecule has 0 saturated heterocycles. The summed E-state index contributed by atoms with van der Waals surface area (Å²) >= 11 is 0. The van der Waals surface area contributed by atoms with Crippen molar-refractivity contribution in [2.24, 2.45) is 0 Å². The lowest BCUT2D eigenvalue weighted by Crippen LogP contribution is -2.41. The van der Waals surface area contributed by atoms with Gasteiger partial charge in [0.2, 0.25) is 5.91 Å². The molecule has 1 unspecified atom stereocenters. The van der Waals surface area contributed by atoms with Gasteiger partial charge < -0.3 is 5.32 Å². The molecule has 0 bridgehead atoms. The molecule has 1 N–H and O–H groups in total. The molecule has 0 aliphatic carbocycles. The van der Waals surface area contributed by atoms with Crippen LogP contribution in [0.1, 0.15) is 55.2 Å². The molecule has 1 atom stereocenters. The van der Waals surface area contributed by atoms with Crippen LogP contribution in [0.5, 0.6) is 0 Å². The van der Waals surface area contributed by atoms with Crippen molar-refractivity contribution in [3.05, 3.63) is 65.2 Å². The molecule has 28 heavy (non-hydrogen) atoms. The molecule has 0 saturated carbocycles. The molecule has 7 heteroatoms. The first-order valence-corrected chi connectivity index (χ1v) is 10.5. The number of hydrogen-bond acceptors (Lipinski definition) is 4. The van der Waals surface area contributed by atoms with Crippen molar-refractivity contribution in [1.29, 1.82) is 0 Å². The fourth-order valence-corrected chi connectivity index (χ4v) is 4.69. The molecular weight excluding hydrogens is 376 g/mol. The molecule has 0 aromatic heterocycles. The molecule has 148 valence electrons. The average Bonchev–Trinajstić information content (AvgIpc) is 2.82. The SMILES string of the molecule is CC(NC(=O)CN1C(=O)c2ccccc2S1(=O)=O)c1ccc(C(C)(C)C)cc1. The lowest BCUT2D eigenvalue weighted by atomic mass is 9.86. The Morgan fingerprint density at radius 2 is 1.68 bits per heavy atom. The number of amides is 2. The monoisotopic (exact) mass is 400 g/mol. The van der Waals surface area contributed by atoms with Crippen molar-refractivity contribution >= 4 is 21.8 Å².